The fraction of sp³-hybridized carbons (Fsp3) is 0.130. The maximum atomic E-state index is 13.2. The van der Waals surface area contributed by atoms with Gasteiger partial charge >= 0.3 is 0 Å². The highest BCUT2D eigenvalue weighted by atomic mass is 16.1. The Kier molecular flexibility index (Phi) is 4.57. The number of nitrogens with two attached hydrogens (primary N) is 1. The Morgan fingerprint density at radius 1 is 0.926 bits per heavy atom. The first-order valence-electron chi connectivity index (χ1n) is 9.00. The fourth-order valence-corrected chi connectivity index (χ4v) is 3.28. The first-order valence-corrected chi connectivity index (χ1v) is 9.00. The van der Waals surface area contributed by atoms with Crippen molar-refractivity contribution in [1.29, 1.82) is 0 Å². The number of para-hydroxylation sites is 1. The molecule has 1 heterocycles. The van der Waals surface area contributed by atoms with Gasteiger partial charge < -0.3 is 5.73 Å². The van der Waals surface area contributed by atoms with Gasteiger partial charge in [-0.15, -0.1) is 0 Å². The van der Waals surface area contributed by atoms with Gasteiger partial charge in [0.05, 0.1) is 17.4 Å². The third-order valence-corrected chi connectivity index (χ3v) is 4.74. The molecule has 0 saturated carbocycles. The molecule has 0 radical (unpaired) electrons. The molecule has 0 saturated heterocycles. The molecule has 0 fully saturated rings. The van der Waals surface area contributed by atoms with E-state index in [4.69, 9.17) is 10.7 Å². The molecule has 3 aromatic carbocycles. The molecule has 2 N–H and O–H groups in total. The van der Waals surface area contributed by atoms with Gasteiger partial charge in [0.25, 0.3) is 5.56 Å². The van der Waals surface area contributed by atoms with Crippen LogP contribution >= 0.6 is 0 Å². The lowest BCUT2D eigenvalue weighted by Crippen LogP contribution is -2.24. The molecule has 4 aromatic rings. The van der Waals surface area contributed by atoms with E-state index in [0.717, 1.165) is 16.7 Å². The van der Waals surface area contributed by atoms with Crippen molar-refractivity contribution >= 4 is 10.9 Å². The van der Waals surface area contributed by atoms with Crippen molar-refractivity contribution in [3.63, 3.8) is 0 Å². The van der Waals surface area contributed by atoms with Crippen LogP contribution in [0.5, 0.6) is 0 Å². The number of aromatic nitrogens is 2. The van der Waals surface area contributed by atoms with Crippen LogP contribution in [0, 0.1) is 6.92 Å². The molecule has 0 amide bonds. The number of rotatable bonds is 4. The molecular formula is C23H21N3O. The largest absolute Gasteiger partial charge is 0.326 e. The van der Waals surface area contributed by atoms with E-state index >= 15 is 0 Å². The molecule has 0 spiro atoms. The van der Waals surface area contributed by atoms with E-state index in [-0.39, 0.29) is 5.56 Å². The minimum atomic E-state index is -0.0330. The molecule has 0 atom stereocenters. The van der Waals surface area contributed by atoms with Gasteiger partial charge in [0.2, 0.25) is 0 Å². The number of nitrogens with zero attached hydrogens (tertiary/aromatic N) is 2. The van der Waals surface area contributed by atoms with Crippen molar-refractivity contribution in [3.8, 4) is 11.4 Å². The van der Waals surface area contributed by atoms with Crippen molar-refractivity contribution in [2.45, 2.75) is 20.0 Å². The van der Waals surface area contributed by atoms with Gasteiger partial charge in [-0.1, -0.05) is 66.2 Å². The topological polar surface area (TPSA) is 60.9 Å². The van der Waals surface area contributed by atoms with Crippen molar-refractivity contribution in [3.05, 3.63) is 99.8 Å². The zero-order chi connectivity index (χ0) is 18.8. The van der Waals surface area contributed by atoms with Gasteiger partial charge in [-0.25, -0.2) is 4.98 Å². The lowest BCUT2D eigenvalue weighted by Gasteiger charge is -2.14. The highest BCUT2D eigenvalue weighted by Gasteiger charge is 2.13. The Morgan fingerprint density at radius 3 is 2.44 bits per heavy atom. The number of hydrogen-bond acceptors (Lipinski definition) is 3. The lowest BCUT2D eigenvalue weighted by atomic mass is 10.1. The predicted molar refractivity (Wildman–Crippen MR) is 110 cm³/mol. The van der Waals surface area contributed by atoms with Gasteiger partial charge in [0.1, 0.15) is 5.82 Å². The highest BCUT2D eigenvalue weighted by molar-refractivity contribution is 5.79. The summed E-state index contributed by atoms with van der Waals surface area (Å²) in [5.74, 6) is 0.678. The maximum absolute atomic E-state index is 13.2. The van der Waals surface area contributed by atoms with Gasteiger partial charge in [0, 0.05) is 12.1 Å². The Morgan fingerprint density at radius 2 is 1.67 bits per heavy atom. The Hall–Kier alpha value is -3.24. The average molecular weight is 355 g/mol. The molecule has 4 nitrogen and oxygen atoms in total. The molecule has 27 heavy (non-hydrogen) atoms. The van der Waals surface area contributed by atoms with E-state index in [1.807, 2.05) is 79.7 Å². The Labute approximate surface area is 157 Å². The summed E-state index contributed by atoms with van der Waals surface area (Å²) < 4.78 is 1.75. The van der Waals surface area contributed by atoms with Gasteiger partial charge in [-0.2, -0.15) is 0 Å². The second-order valence-corrected chi connectivity index (χ2v) is 6.73. The zero-order valence-electron chi connectivity index (χ0n) is 15.2. The van der Waals surface area contributed by atoms with E-state index in [2.05, 4.69) is 0 Å². The molecule has 0 aliphatic heterocycles. The molecule has 0 aliphatic carbocycles. The summed E-state index contributed by atoms with van der Waals surface area (Å²) in [4.78, 5) is 18.1. The summed E-state index contributed by atoms with van der Waals surface area (Å²) in [7, 11) is 0. The number of fused-ring (bicyclic) bond motifs is 1. The quantitative estimate of drug-likeness (QED) is 0.604. The van der Waals surface area contributed by atoms with Crippen LogP contribution < -0.4 is 11.3 Å². The number of hydrogen-bond donors (Lipinski definition) is 1. The van der Waals surface area contributed by atoms with Crippen molar-refractivity contribution in [2.75, 3.05) is 0 Å². The van der Waals surface area contributed by atoms with Crippen LogP contribution in [-0.2, 0) is 13.1 Å². The molecule has 0 bridgehead atoms. The normalized spacial score (nSPS) is 11.0. The molecule has 1 aromatic heterocycles. The fourth-order valence-electron chi connectivity index (χ4n) is 3.28. The predicted octanol–water partition coefficient (Wildman–Crippen LogP) is 3.88. The third kappa shape index (κ3) is 3.39. The zero-order valence-corrected chi connectivity index (χ0v) is 15.2. The van der Waals surface area contributed by atoms with Crippen LogP contribution in [0.4, 0.5) is 0 Å². The maximum Gasteiger partial charge on any atom is 0.261 e. The van der Waals surface area contributed by atoms with Crippen LogP contribution in [0.15, 0.2) is 77.6 Å². The summed E-state index contributed by atoms with van der Waals surface area (Å²) in [6.45, 7) is 2.97. The smallest absolute Gasteiger partial charge is 0.261 e. The first-order chi connectivity index (χ1) is 13.2. The minimum absolute atomic E-state index is 0.0330. The van der Waals surface area contributed by atoms with Crippen LogP contribution in [-0.4, -0.2) is 9.55 Å². The molecule has 4 rings (SSSR count). The van der Waals surface area contributed by atoms with E-state index in [1.165, 1.54) is 5.56 Å². The van der Waals surface area contributed by atoms with Crippen molar-refractivity contribution in [1.82, 2.24) is 9.55 Å². The van der Waals surface area contributed by atoms with E-state index in [1.54, 1.807) is 4.57 Å². The van der Waals surface area contributed by atoms with E-state index < -0.39 is 0 Å². The Balaban J connectivity index is 1.93. The molecule has 4 heteroatoms. The summed E-state index contributed by atoms with van der Waals surface area (Å²) >= 11 is 0. The van der Waals surface area contributed by atoms with Crippen LogP contribution in [0.2, 0.25) is 0 Å². The highest BCUT2D eigenvalue weighted by Crippen LogP contribution is 2.21. The van der Waals surface area contributed by atoms with Gasteiger partial charge in [-0.05, 0) is 30.2 Å². The van der Waals surface area contributed by atoms with Gasteiger partial charge in [0.15, 0.2) is 0 Å². The lowest BCUT2D eigenvalue weighted by molar-refractivity contribution is 0.758. The van der Waals surface area contributed by atoms with Crippen LogP contribution in [0.3, 0.4) is 0 Å². The standard InChI is InChI=1S/C23H21N3O/c1-16-9-11-19(12-10-16)22-25-21-8-3-2-7-20(21)23(27)26(22)15-18-6-4-5-17(13-18)14-24/h2-13H,14-15,24H2,1H3. The van der Waals surface area contributed by atoms with E-state index in [9.17, 15) is 4.79 Å². The first kappa shape index (κ1) is 17.2. The second-order valence-electron chi connectivity index (χ2n) is 6.73. The third-order valence-electron chi connectivity index (χ3n) is 4.74. The SMILES string of the molecule is Cc1ccc(-c2nc3ccccc3c(=O)n2Cc2cccc(CN)c2)cc1. The second kappa shape index (κ2) is 7.17. The van der Waals surface area contributed by atoms with Crippen molar-refractivity contribution < 1.29 is 0 Å². The summed E-state index contributed by atoms with van der Waals surface area (Å²) in [6.07, 6.45) is 0. The number of benzene rings is 3. The summed E-state index contributed by atoms with van der Waals surface area (Å²) in [5, 5.41) is 0.628. The molecule has 0 unspecified atom stereocenters. The van der Waals surface area contributed by atoms with Gasteiger partial charge in [-0.3, -0.25) is 9.36 Å². The summed E-state index contributed by atoms with van der Waals surface area (Å²) in [5.41, 5.74) is 10.6. The Bertz CT molecular complexity index is 1160. The minimum Gasteiger partial charge on any atom is -0.326 e. The molecule has 0 aliphatic rings. The van der Waals surface area contributed by atoms with E-state index in [0.29, 0.717) is 29.8 Å². The van der Waals surface area contributed by atoms with Crippen LogP contribution in [0.1, 0.15) is 16.7 Å². The molecule has 134 valence electrons. The number of aryl methyl sites for hydroxylation is 1. The summed E-state index contributed by atoms with van der Waals surface area (Å²) in [6, 6.07) is 23.6. The molecular weight excluding hydrogens is 334 g/mol. The van der Waals surface area contributed by atoms with Crippen molar-refractivity contribution in [2.24, 2.45) is 5.73 Å². The van der Waals surface area contributed by atoms with Crippen LogP contribution in [0.25, 0.3) is 22.3 Å². The monoisotopic (exact) mass is 355 g/mol. The average Bonchev–Trinajstić information content (AvgIpc) is 2.71.